The van der Waals surface area contributed by atoms with E-state index in [2.05, 4.69) is 15.6 Å². The summed E-state index contributed by atoms with van der Waals surface area (Å²) in [4.78, 5) is 16.7. The Morgan fingerprint density at radius 1 is 1.56 bits per heavy atom. The highest BCUT2D eigenvalue weighted by Crippen LogP contribution is 2.22. The van der Waals surface area contributed by atoms with E-state index in [1.54, 1.807) is 20.2 Å². The molecule has 6 nitrogen and oxygen atoms in total. The molecule has 0 atom stereocenters. The molecular formula is C11H14ClN5O. The maximum atomic E-state index is 11.2. The lowest BCUT2D eigenvalue weighted by Gasteiger charge is -2.12. The minimum Gasteiger partial charge on any atom is -0.367 e. The van der Waals surface area contributed by atoms with E-state index in [-0.39, 0.29) is 6.03 Å². The topological polar surface area (TPSA) is 81.1 Å². The van der Waals surface area contributed by atoms with Gasteiger partial charge in [-0.1, -0.05) is 11.6 Å². The highest BCUT2D eigenvalue weighted by Gasteiger charge is 2.06. The van der Waals surface area contributed by atoms with E-state index in [4.69, 9.17) is 16.9 Å². The molecule has 96 valence electrons. The van der Waals surface area contributed by atoms with E-state index in [1.807, 2.05) is 6.07 Å². The Kier molecular flexibility index (Phi) is 5.21. The van der Waals surface area contributed by atoms with Gasteiger partial charge >= 0.3 is 6.03 Å². The minimum atomic E-state index is -0.165. The van der Waals surface area contributed by atoms with Gasteiger partial charge in [-0.2, -0.15) is 5.26 Å². The summed E-state index contributed by atoms with van der Waals surface area (Å²) in [6, 6.07) is 3.35. The van der Waals surface area contributed by atoms with Gasteiger partial charge in [-0.15, -0.1) is 0 Å². The Hall–Kier alpha value is -2.00. The van der Waals surface area contributed by atoms with Crippen LogP contribution in [-0.2, 0) is 0 Å². The first-order valence-electron chi connectivity index (χ1n) is 5.30. The number of nitrogens with zero attached hydrogens (tertiary/aromatic N) is 3. The lowest BCUT2D eigenvalue weighted by atomic mass is 10.3. The Morgan fingerprint density at radius 2 is 2.28 bits per heavy atom. The van der Waals surface area contributed by atoms with Gasteiger partial charge in [0.25, 0.3) is 0 Å². The van der Waals surface area contributed by atoms with Gasteiger partial charge in [0.15, 0.2) is 0 Å². The molecule has 7 heteroatoms. The van der Waals surface area contributed by atoms with Crippen molar-refractivity contribution >= 4 is 23.4 Å². The first-order valence-corrected chi connectivity index (χ1v) is 5.67. The molecule has 0 saturated carbocycles. The Labute approximate surface area is 111 Å². The number of urea groups is 1. The summed E-state index contributed by atoms with van der Waals surface area (Å²) >= 11 is 5.96. The van der Waals surface area contributed by atoms with Gasteiger partial charge in [0, 0.05) is 33.4 Å². The van der Waals surface area contributed by atoms with E-state index in [0.717, 1.165) is 0 Å². The number of nitriles is 1. The second-order valence-corrected chi connectivity index (χ2v) is 4.06. The number of hydrogen-bond acceptors (Lipinski definition) is 4. The number of rotatable bonds is 4. The average molecular weight is 268 g/mol. The van der Waals surface area contributed by atoms with Gasteiger partial charge in [-0.25, -0.2) is 9.78 Å². The summed E-state index contributed by atoms with van der Waals surface area (Å²) in [7, 11) is 3.33. The highest BCUT2D eigenvalue weighted by atomic mass is 35.5. The van der Waals surface area contributed by atoms with Crippen LogP contribution in [0.1, 0.15) is 5.56 Å². The number of halogens is 1. The van der Waals surface area contributed by atoms with Crippen LogP contribution in [0.2, 0.25) is 5.02 Å². The molecule has 1 heterocycles. The number of anilines is 1. The molecule has 0 unspecified atom stereocenters. The smallest absolute Gasteiger partial charge is 0.316 e. The summed E-state index contributed by atoms with van der Waals surface area (Å²) in [6.45, 7) is 0.910. The molecular weight excluding hydrogens is 254 g/mol. The fourth-order valence-electron chi connectivity index (χ4n) is 1.16. The van der Waals surface area contributed by atoms with Gasteiger partial charge in [-0.05, 0) is 6.07 Å². The van der Waals surface area contributed by atoms with Crippen molar-refractivity contribution in [3.63, 3.8) is 0 Å². The minimum absolute atomic E-state index is 0.165. The molecule has 0 fully saturated rings. The second-order valence-electron chi connectivity index (χ2n) is 3.69. The quantitative estimate of drug-likeness (QED) is 0.806. The largest absolute Gasteiger partial charge is 0.367 e. The van der Waals surface area contributed by atoms with E-state index < -0.39 is 0 Å². The van der Waals surface area contributed by atoms with Crippen LogP contribution in [0.15, 0.2) is 12.3 Å². The van der Waals surface area contributed by atoms with Crippen molar-refractivity contribution in [2.45, 2.75) is 0 Å². The maximum absolute atomic E-state index is 11.2. The third-order valence-electron chi connectivity index (χ3n) is 2.11. The zero-order valence-corrected chi connectivity index (χ0v) is 11.0. The zero-order valence-electron chi connectivity index (χ0n) is 10.2. The number of aromatic nitrogens is 1. The molecule has 0 aliphatic heterocycles. The van der Waals surface area contributed by atoms with Gasteiger partial charge in [0.2, 0.25) is 0 Å². The van der Waals surface area contributed by atoms with Crippen molar-refractivity contribution in [2.24, 2.45) is 0 Å². The fourth-order valence-corrected chi connectivity index (χ4v) is 1.38. The van der Waals surface area contributed by atoms with Gasteiger partial charge in [-0.3, -0.25) is 0 Å². The summed E-state index contributed by atoms with van der Waals surface area (Å²) in [5.41, 5.74) is 0.367. The molecule has 0 aromatic carbocycles. The summed E-state index contributed by atoms with van der Waals surface area (Å²) < 4.78 is 0. The van der Waals surface area contributed by atoms with E-state index in [9.17, 15) is 4.79 Å². The third kappa shape index (κ3) is 3.79. The summed E-state index contributed by atoms with van der Waals surface area (Å²) in [5.74, 6) is 0.440. The monoisotopic (exact) mass is 267 g/mol. The lowest BCUT2D eigenvalue weighted by molar-refractivity contribution is 0.218. The molecule has 1 aromatic heterocycles. The van der Waals surface area contributed by atoms with Crippen LogP contribution in [0, 0.1) is 11.3 Å². The standard InChI is InChI=1S/C11H14ClN5O/c1-17(2)11(18)16-6-5-15-10-9(12)8(7-13)3-4-14-10/h3-4H,5-6H2,1-2H3,(H,14,15)(H,16,18). The van der Waals surface area contributed by atoms with Crippen LogP contribution < -0.4 is 10.6 Å². The van der Waals surface area contributed by atoms with Crippen LogP contribution >= 0.6 is 11.6 Å². The number of carbonyl (C=O) groups excluding carboxylic acids is 1. The van der Waals surface area contributed by atoms with E-state index in [1.165, 1.54) is 11.1 Å². The van der Waals surface area contributed by atoms with Crippen LogP contribution in [0.3, 0.4) is 0 Å². The molecule has 2 N–H and O–H groups in total. The van der Waals surface area contributed by atoms with Crippen LogP contribution in [0.25, 0.3) is 0 Å². The average Bonchev–Trinajstić information content (AvgIpc) is 2.35. The molecule has 0 bridgehead atoms. The van der Waals surface area contributed by atoms with Crippen molar-refractivity contribution < 1.29 is 4.79 Å². The molecule has 2 amide bonds. The molecule has 0 aliphatic carbocycles. The molecule has 0 radical (unpaired) electrons. The van der Waals surface area contributed by atoms with Crippen molar-refractivity contribution in [1.82, 2.24) is 15.2 Å². The molecule has 0 saturated heterocycles. The Morgan fingerprint density at radius 3 is 2.89 bits per heavy atom. The number of pyridine rings is 1. The maximum Gasteiger partial charge on any atom is 0.316 e. The number of carbonyl (C=O) groups is 1. The molecule has 0 aliphatic rings. The van der Waals surface area contributed by atoms with Crippen molar-refractivity contribution in [1.29, 1.82) is 5.26 Å². The first-order chi connectivity index (χ1) is 8.56. The normalized spacial score (nSPS) is 9.44. The predicted molar refractivity (Wildman–Crippen MR) is 69.5 cm³/mol. The Balaban J connectivity index is 2.46. The third-order valence-corrected chi connectivity index (χ3v) is 2.49. The van der Waals surface area contributed by atoms with Crippen molar-refractivity contribution in [2.75, 3.05) is 32.5 Å². The van der Waals surface area contributed by atoms with Crippen molar-refractivity contribution in [3.05, 3.63) is 22.8 Å². The molecule has 0 spiro atoms. The summed E-state index contributed by atoms with van der Waals surface area (Å²) in [6.07, 6.45) is 1.51. The number of amides is 2. The number of nitrogens with one attached hydrogen (secondary N) is 2. The highest BCUT2D eigenvalue weighted by molar-refractivity contribution is 6.34. The second kappa shape index (κ2) is 6.67. The predicted octanol–water partition coefficient (Wildman–Crippen LogP) is 1.29. The SMILES string of the molecule is CN(C)C(=O)NCCNc1nccc(C#N)c1Cl. The fraction of sp³-hybridized carbons (Fsp3) is 0.364. The molecule has 1 aromatic rings. The van der Waals surface area contributed by atoms with Gasteiger partial charge in [0.1, 0.15) is 16.9 Å². The van der Waals surface area contributed by atoms with Crippen LogP contribution in [0.4, 0.5) is 10.6 Å². The molecule has 18 heavy (non-hydrogen) atoms. The zero-order chi connectivity index (χ0) is 13.5. The Bertz CT molecular complexity index is 469. The lowest BCUT2D eigenvalue weighted by Crippen LogP contribution is -2.37. The molecule has 1 rings (SSSR count). The number of hydrogen-bond donors (Lipinski definition) is 2. The van der Waals surface area contributed by atoms with E-state index in [0.29, 0.717) is 29.5 Å². The van der Waals surface area contributed by atoms with Crippen molar-refractivity contribution in [3.8, 4) is 6.07 Å². The van der Waals surface area contributed by atoms with Crippen LogP contribution in [0.5, 0.6) is 0 Å². The first kappa shape index (κ1) is 14.1. The summed E-state index contributed by atoms with van der Waals surface area (Å²) in [5, 5.41) is 14.7. The van der Waals surface area contributed by atoms with Gasteiger partial charge < -0.3 is 15.5 Å². The van der Waals surface area contributed by atoms with Crippen LogP contribution in [-0.4, -0.2) is 43.1 Å². The van der Waals surface area contributed by atoms with E-state index >= 15 is 0 Å². The van der Waals surface area contributed by atoms with Gasteiger partial charge in [0.05, 0.1) is 5.56 Å².